The van der Waals surface area contributed by atoms with Crippen LogP contribution in [0.3, 0.4) is 0 Å². The molecule has 2 rings (SSSR count). The fraction of sp³-hybridized carbons (Fsp3) is 0.625. The van der Waals surface area contributed by atoms with E-state index in [1.165, 1.54) is 29.5 Å². The van der Waals surface area contributed by atoms with Crippen molar-refractivity contribution in [2.75, 3.05) is 25.0 Å². The zero-order valence-corrected chi connectivity index (χ0v) is 16.9. The fourth-order valence-electron chi connectivity index (χ4n) is 2.37. The molecule has 1 aliphatic heterocycles. The number of thiocarbonyl (C=S) groups is 1. The number of thiazole rings is 1. The van der Waals surface area contributed by atoms with Crippen LogP contribution in [0.25, 0.3) is 0 Å². The van der Waals surface area contributed by atoms with Crippen LogP contribution in [0.5, 0.6) is 0 Å². The van der Waals surface area contributed by atoms with Crippen LogP contribution in [0.1, 0.15) is 38.8 Å². The number of ether oxygens (including phenoxy) is 1. The van der Waals surface area contributed by atoms with Crippen LogP contribution in [0.2, 0.25) is 0 Å². The predicted octanol–water partition coefficient (Wildman–Crippen LogP) is 3.08. The summed E-state index contributed by atoms with van der Waals surface area (Å²) in [5.41, 5.74) is 0.600. The van der Waals surface area contributed by atoms with Crippen LogP contribution in [-0.2, 0) is 20.7 Å². The van der Waals surface area contributed by atoms with Gasteiger partial charge >= 0.3 is 5.97 Å². The number of rotatable bonds is 6. The Balaban J connectivity index is 1.81. The van der Waals surface area contributed by atoms with Crippen LogP contribution >= 0.6 is 35.3 Å². The Morgan fingerprint density at radius 3 is 2.84 bits per heavy atom. The van der Waals surface area contributed by atoms with Gasteiger partial charge in [0.1, 0.15) is 4.32 Å². The summed E-state index contributed by atoms with van der Waals surface area (Å²) in [4.78, 5) is 30.2. The minimum atomic E-state index is -0.318. The molecule has 1 amide bonds. The molecule has 0 aromatic carbocycles. The molecule has 1 unspecified atom stereocenters. The van der Waals surface area contributed by atoms with Crippen molar-refractivity contribution in [3.8, 4) is 0 Å². The number of carbonyl (C=O) groups is 2. The number of carbonyl (C=O) groups excluding carboxylic acids is 2. The van der Waals surface area contributed by atoms with Gasteiger partial charge in [-0.2, -0.15) is 0 Å². The van der Waals surface area contributed by atoms with Crippen LogP contribution in [0.15, 0.2) is 5.38 Å². The lowest BCUT2D eigenvalue weighted by Crippen LogP contribution is -2.35. The Morgan fingerprint density at radius 2 is 2.16 bits per heavy atom. The van der Waals surface area contributed by atoms with E-state index in [0.29, 0.717) is 17.4 Å². The van der Waals surface area contributed by atoms with E-state index in [0.717, 1.165) is 30.3 Å². The molecule has 1 atom stereocenters. The smallest absolute Gasteiger partial charge is 0.311 e. The monoisotopic (exact) mass is 401 g/mol. The number of nitrogens with zero attached hydrogens (tertiary/aromatic N) is 2. The third-order valence-electron chi connectivity index (χ3n) is 3.67. The van der Waals surface area contributed by atoms with Crippen molar-refractivity contribution in [2.45, 2.75) is 44.8 Å². The summed E-state index contributed by atoms with van der Waals surface area (Å²) in [6.07, 6.45) is 3.68. The number of likely N-dealkylation sites (tertiary alicyclic amines) is 1. The van der Waals surface area contributed by atoms with Gasteiger partial charge in [-0.05, 0) is 33.1 Å². The number of anilines is 1. The molecule has 0 saturated carbocycles. The van der Waals surface area contributed by atoms with Crippen LogP contribution in [0.4, 0.5) is 5.13 Å². The van der Waals surface area contributed by atoms with E-state index in [2.05, 4.69) is 15.2 Å². The highest BCUT2D eigenvalue weighted by Gasteiger charge is 2.21. The first-order valence-electron chi connectivity index (χ1n) is 8.36. The van der Waals surface area contributed by atoms with E-state index in [4.69, 9.17) is 17.0 Å². The van der Waals surface area contributed by atoms with Gasteiger partial charge in [-0.3, -0.25) is 9.59 Å². The molecule has 1 N–H and O–H groups in total. The molecular weight excluding hydrogens is 378 g/mol. The SMILES string of the molecule is CCOC(=O)Cc1csc(NC(=O)C(C)SC(=S)N2CCCCC2)n1. The first-order chi connectivity index (χ1) is 12.0. The zero-order chi connectivity index (χ0) is 18.2. The molecule has 9 heteroatoms. The maximum absolute atomic E-state index is 12.3. The summed E-state index contributed by atoms with van der Waals surface area (Å²) in [5.74, 6) is -0.456. The molecule has 1 fully saturated rings. The van der Waals surface area contributed by atoms with Gasteiger partial charge in [0.25, 0.3) is 0 Å². The van der Waals surface area contributed by atoms with E-state index in [1.54, 1.807) is 12.3 Å². The number of hydrogen-bond acceptors (Lipinski definition) is 7. The van der Waals surface area contributed by atoms with Crippen molar-refractivity contribution >= 4 is 56.6 Å². The van der Waals surface area contributed by atoms with Gasteiger partial charge in [0.05, 0.1) is 24.0 Å². The van der Waals surface area contributed by atoms with Gasteiger partial charge in [-0.25, -0.2) is 4.98 Å². The Labute approximate surface area is 161 Å². The third kappa shape index (κ3) is 6.56. The third-order valence-corrected chi connectivity index (χ3v) is 6.05. The molecule has 6 nitrogen and oxygen atoms in total. The minimum Gasteiger partial charge on any atom is -0.466 e. The minimum absolute atomic E-state index is 0.115. The van der Waals surface area contributed by atoms with E-state index >= 15 is 0 Å². The molecule has 25 heavy (non-hydrogen) atoms. The quantitative estimate of drug-likeness (QED) is 0.580. The molecule has 138 valence electrons. The lowest BCUT2D eigenvalue weighted by molar-refractivity contribution is -0.142. The molecule has 0 bridgehead atoms. The highest BCUT2D eigenvalue weighted by molar-refractivity contribution is 8.23. The van der Waals surface area contributed by atoms with Gasteiger partial charge in [-0.15, -0.1) is 11.3 Å². The number of thioether (sulfide) groups is 1. The Morgan fingerprint density at radius 1 is 1.44 bits per heavy atom. The summed E-state index contributed by atoms with van der Waals surface area (Å²) in [6.45, 7) is 5.90. The number of aromatic nitrogens is 1. The summed E-state index contributed by atoms with van der Waals surface area (Å²) >= 11 is 8.16. The fourth-order valence-corrected chi connectivity index (χ4v) is 4.50. The number of piperidine rings is 1. The van der Waals surface area contributed by atoms with E-state index in [9.17, 15) is 9.59 Å². The zero-order valence-electron chi connectivity index (χ0n) is 14.4. The second kappa shape index (κ2) is 10.1. The van der Waals surface area contributed by atoms with Crippen molar-refractivity contribution in [3.63, 3.8) is 0 Å². The molecule has 0 aliphatic carbocycles. The maximum Gasteiger partial charge on any atom is 0.311 e. The molecule has 0 spiro atoms. The number of esters is 1. The molecule has 1 aromatic rings. The lowest BCUT2D eigenvalue weighted by Gasteiger charge is -2.29. The molecule has 1 aromatic heterocycles. The molecule has 1 aliphatic rings. The summed E-state index contributed by atoms with van der Waals surface area (Å²) < 4.78 is 5.67. The highest BCUT2D eigenvalue weighted by Crippen LogP contribution is 2.22. The van der Waals surface area contributed by atoms with Crippen molar-refractivity contribution in [1.82, 2.24) is 9.88 Å². The Hall–Kier alpha value is -1.19. The largest absolute Gasteiger partial charge is 0.466 e. The van der Waals surface area contributed by atoms with Gasteiger partial charge < -0.3 is 15.0 Å². The van der Waals surface area contributed by atoms with Gasteiger partial charge in [0.15, 0.2) is 5.13 Å². The van der Waals surface area contributed by atoms with Crippen LogP contribution in [-0.4, -0.2) is 51.0 Å². The highest BCUT2D eigenvalue weighted by atomic mass is 32.2. The van der Waals surface area contributed by atoms with E-state index in [-0.39, 0.29) is 23.5 Å². The van der Waals surface area contributed by atoms with Crippen molar-refractivity contribution < 1.29 is 14.3 Å². The molecule has 1 saturated heterocycles. The Bertz CT molecular complexity index is 615. The van der Waals surface area contributed by atoms with Crippen molar-refractivity contribution in [2.24, 2.45) is 0 Å². The summed E-state index contributed by atoms with van der Waals surface area (Å²) in [6, 6.07) is 0. The average Bonchev–Trinajstić information content (AvgIpc) is 3.02. The summed E-state index contributed by atoms with van der Waals surface area (Å²) in [5, 5.41) is 4.73. The first-order valence-corrected chi connectivity index (χ1v) is 10.5. The van der Waals surface area contributed by atoms with Gasteiger partial charge in [0, 0.05) is 18.5 Å². The predicted molar refractivity (Wildman–Crippen MR) is 106 cm³/mol. The average molecular weight is 402 g/mol. The lowest BCUT2D eigenvalue weighted by atomic mass is 10.1. The van der Waals surface area contributed by atoms with Crippen LogP contribution < -0.4 is 5.32 Å². The number of nitrogens with one attached hydrogen (secondary N) is 1. The normalized spacial score (nSPS) is 15.5. The summed E-state index contributed by atoms with van der Waals surface area (Å²) in [7, 11) is 0. The van der Waals surface area contributed by atoms with E-state index in [1.807, 2.05) is 6.92 Å². The second-order valence-corrected chi connectivity index (χ2v) is 8.52. The second-order valence-electron chi connectivity index (χ2n) is 5.69. The number of amides is 1. The van der Waals surface area contributed by atoms with Crippen molar-refractivity contribution in [1.29, 1.82) is 0 Å². The standard InChI is InChI=1S/C16H23N3O3S3/c1-3-22-13(20)9-12-10-24-15(17-12)18-14(21)11(2)25-16(23)19-7-5-4-6-8-19/h10-11H,3-9H2,1-2H3,(H,17,18,21). The first kappa shape index (κ1) is 20.1. The van der Waals surface area contributed by atoms with Gasteiger partial charge in [-0.1, -0.05) is 24.0 Å². The Kier molecular flexibility index (Phi) is 8.11. The van der Waals surface area contributed by atoms with E-state index < -0.39 is 0 Å². The molecule has 2 heterocycles. The topological polar surface area (TPSA) is 71.5 Å². The molecule has 0 radical (unpaired) electrons. The van der Waals surface area contributed by atoms with Crippen molar-refractivity contribution in [3.05, 3.63) is 11.1 Å². The van der Waals surface area contributed by atoms with Gasteiger partial charge in [0.2, 0.25) is 5.91 Å². The molecular formula is C16H23N3O3S3. The maximum atomic E-state index is 12.3. The van der Waals surface area contributed by atoms with Crippen LogP contribution in [0, 0.1) is 0 Å². The number of hydrogen-bond donors (Lipinski definition) is 1.